The van der Waals surface area contributed by atoms with Crippen LogP contribution in [-0.4, -0.2) is 10.5 Å². The van der Waals surface area contributed by atoms with E-state index in [2.05, 4.69) is 64.1 Å². The van der Waals surface area contributed by atoms with Gasteiger partial charge in [0.2, 0.25) is 0 Å². The minimum absolute atomic E-state index is 0.640. The van der Waals surface area contributed by atoms with E-state index in [-0.39, 0.29) is 0 Å². The molecule has 16 heavy (non-hydrogen) atoms. The van der Waals surface area contributed by atoms with E-state index in [1.54, 1.807) is 0 Å². The monoisotopic (exact) mass is 252 g/mol. The van der Waals surface area contributed by atoms with Gasteiger partial charge in [0, 0.05) is 14.7 Å². The fourth-order valence-corrected chi connectivity index (χ4v) is 3.96. The zero-order valence-electron chi connectivity index (χ0n) is 10.4. The van der Waals surface area contributed by atoms with Gasteiger partial charge >= 0.3 is 0 Å². The Hall–Kier alpha value is -0.340. The van der Waals surface area contributed by atoms with Crippen LogP contribution in [0, 0.1) is 0 Å². The van der Waals surface area contributed by atoms with Crippen molar-refractivity contribution < 1.29 is 0 Å². The van der Waals surface area contributed by atoms with Crippen LogP contribution in [0.2, 0.25) is 0 Å². The van der Waals surface area contributed by atoms with Crippen LogP contribution in [0.4, 0.5) is 0 Å². The highest BCUT2D eigenvalue weighted by Gasteiger charge is 2.05. The van der Waals surface area contributed by atoms with Gasteiger partial charge in [-0.1, -0.05) is 58.0 Å². The topological polar surface area (TPSA) is 0 Å². The molecule has 0 aliphatic carbocycles. The summed E-state index contributed by atoms with van der Waals surface area (Å²) in [5.74, 6) is 0. The summed E-state index contributed by atoms with van der Waals surface area (Å²) >= 11 is 3.89. The average Bonchev–Trinajstić information content (AvgIpc) is 2.16. The van der Waals surface area contributed by atoms with E-state index in [0.29, 0.717) is 10.5 Å². The number of benzene rings is 1. The molecule has 0 aliphatic heterocycles. The first-order chi connectivity index (χ1) is 7.58. The highest BCUT2D eigenvalue weighted by Crippen LogP contribution is 2.35. The smallest absolute Gasteiger partial charge is 0.0411 e. The molecule has 0 spiro atoms. The molecule has 0 radical (unpaired) electrons. The molecule has 1 rings (SSSR count). The molecule has 0 atom stereocenters. The van der Waals surface area contributed by atoms with E-state index < -0.39 is 0 Å². The summed E-state index contributed by atoms with van der Waals surface area (Å²) in [4.78, 5) is 0. The predicted molar refractivity (Wildman–Crippen MR) is 79.9 cm³/mol. The molecule has 2 heteroatoms. The first-order valence-electron chi connectivity index (χ1n) is 5.68. The molecule has 0 saturated heterocycles. The maximum absolute atomic E-state index is 2.29. The Bertz CT molecular complexity index is 314. The predicted octanol–water partition coefficient (Wildman–Crippen LogP) is 5.27. The second kappa shape index (κ2) is 7.08. The molecule has 1 aromatic rings. The standard InChI is InChI=1S/C14H20S2/c1-11(2)15-14(16-12(3)4)10-13-8-6-5-7-9-13/h5-12H,1-4H3. The van der Waals surface area contributed by atoms with Gasteiger partial charge in [-0.15, -0.1) is 23.5 Å². The van der Waals surface area contributed by atoms with Gasteiger partial charge in [0.05, 0.1) is 0 Å². The molecule has 0 heterocycles. The van der Waals surface area contributed by atoms with Crippen LogP contribution in [0.5, 0.6) is 0 Å². The molecule has 0 nitrogen and oxygen atoms in total. The van der Waals surface area contributed by atoms with E-state index in [9.17, 15) is 0 Å². The summed E-state index contributed by atoms with van der Waals surface area (Å²) in [6.07, 6.45) is 2.29. The number of thioether (sulfide) groups is 2. The fraction of sp³-hybridized carbons (Fsp3) is 0.429. The summed E-state index contributed by atoms with van der Waals surface area (Å²) < 4.78 is 1.41. The van der Waals surface area contributed by atoms with Gasteiger partial charge in [0.25, 0.3) is 0 Å². The quantitative estimate of drug-likeness (QED) is 0.700. The Kier molecular flexibility index (Phi) is 6.07. The van der Waals surface area contributed by atoms with Gasteiger partial charge < -0.3 is 0 Å². The maximum atomic E-state index is 2.29. The van der Waals surface area contributed by atoms with E-state index in [1.165, 1.54) is 9.80 Å². The minimum Gasteiger partial charge on any atom is -0.116 e. The number of hydrogen-bond donors (Lipinski definition) is 0. The zero-order valence-corrected chi connectivity index (χ0v) is 12.1. The number of rotatable bonds is 5. The van der Waals surface area contributed by atoms with Gasteiger partial charge in [-0.3, -0.25) is 0 Å². The lowest BCUT2D eigenvalue weighted by Crippen LogP contribution is -1.91. The lowest BCUT2D eigenvalue weighted by molar-refractivity contribution is 1.11. The van der Waals surface area contributed by atoms with Crippen molar-refractivity contribution in [2.45, 2.75) is 38.2 Å². The third kappa shape index (κ3) is 5.66. The average molecular weight is 252 g/mol. The first kappa shape index (κ1) is 13.7. The maximum Gasteiger partial charge on any atom is 0.0411 e. The van der Waals surface area contributed by atoms with Crippen LogP contribution < -0.4 is 0 Å². The third-order valence-electron chi connectivity index (χ3n) is 1.79. The van der Waals surface area contributed by atoms with Crippen molar-refractivity contribution in [3.63, 3.8) is 0 Å². The summed E-state index contributed by atoms with van der Waals surface area (Å²) in [6, 6.07) is 10.5. The second-order valence-corrected chi connectivity index (χ2v) is 7.70. The van der Waals surface area contributed by atoms with E-state index in [0.717, 1.165) is 0 Å². The fourth-order valence-electron chi connectivity index (χ4n) is 1.25. The van der Waals surface area contributed by atoms with Crippen molar-refractivity contribution in [2.75, 3.05) is 0 Å². The molecule has 0 fully saturated rings. The largest absolute Gasteiger partial charge is 0.116 e. The van der Waals surface area contributed by atoms with E-state index in [1.807, 2.05) is 23.5 Å². The Morgan fingerprint density at radius 2 is 1.44 bits per heavy atom. The lowest BCUT2D eigenvalue weighted by atomic mass is 10.2. The molecule has 0 aliphatic rings. The summed E-state index contributed by atoms with van der Waals surface area (Å²) in [6.45, 7) is 8.96. The highest BCUT2D eigenvalue weighted by atomic mass is 32.2. The van der Waals surface area contributed by atoms with Crippen LogP contribution >= 0.6 is 23.5 Å². The highest BCUT2D eigenvalue weighted by molar-refractivity contribution is 8.22. The lowest BCUT2D eigenvalue weighted by Gasteiger charge is -2.11. The Morgan fingerprint density at radius 1 is 0.938 bits per heavy atom. The van der Waals surface area contributed by atoms with Gasteiger partial charge in [-0.05, 0) is 11.6 Å². The Morgan fingerprint density at radius 3 is 1.88 bits per heavy atom. The van der Waals surface area contributed by atoms with Crippen molar-refractivity contribution >= 4 is 29.6 Å². The van der Waals surface area contributed by atoms with Crippen molar-refractivity contribution in [3.05, 3.63) is 40.1 Å². The summed E-state index contributed by atoms with van der Waals surface area (Å²) in [5, 5.41) is 1.28. The molecule has 0 bridgehead atoms. The molecule has 88 valence electrons. The van der Waals surface area contributed by atoms with Crippen molar-refractivity contribution in [1.82, 2.24) is 0 Å². The Labute approximate surface area is 108 Å². The van der Waals surface area contributed by atoms with Crippen LogP contribution in [0.15, 0.2) is 34.6 Å². The van der Waals surface area contributed by atoms with Gasteiger partial charge in [-0.25, -0.2) is 0 Å². The molecule has 1 aromatic carbocycles. The van der Waals surface area contributed by atoms with Gasteiger partial charge in [-0.2, -0.15) is 0 Å². The van der Waals surface area contributed by atoms with E-state index >= 15 is 0 Å². The van der Waals surface area contributed by atoms with Crippen molar-refractivity contribution in [3.8, 4) is 0 Å². The van der Waals surface area contributed by atoms with Crippen molar-refractivity contribution in [1.29, 1.82) is 0 Å². The van der Waals surface area contributed by atoms with Gasteiger partial charge in [0.1, 0.15) is 0 Å². The first-order valence-corrected chi connectivity index (χ1v) is 7.44. The zero-order chi connectivity index (χ0) is 12.0. The number of hydrogen-bond acceptors (Lipinski definition) is 2. The van der Waals surface area contributed by atoms with Crippen molar-refractivity contribution in [2.24, 2.45) is 0 Å². The van der Waals surface area contributed by atoms with Crippen LogP contribution in [0.25, 0.3) is 6.08 Å². The second-order valence-electron chi connectivity index (χ2n) is 4.21. The molecule has 0 amide bonds. The molecule has 0 aromatic heterocycles. The third-order valence-corrected chi connectivity index (χ3v) is 4.01. The normalized spacial score (nSPS) is 10.9. The molecule has 0 N–H and O–H groups in total. The molecule has 0 unspecified atom stereocenters. The van der Waals surface area contributed by atoms with Crippen LogP contribution in [0.3, 0.4) is 0 Å². The van der Waals surface area contributed by atoms with E-state index in [4.69, 9.17) is 0 Å². The van der Waals surface area contributed by atoms with Crippen LogP contribution in [-0.2, 0) is 0 Å². The van der Waals surface area contributed by atoms with Crippen LogP contribution in [0.1, 0.15) is 33.3 Å². The molecular formula is C14H20S2. The summed E-state index contributed by atoms with van der Waals surface area (Å²) in [5.41, 5.74) is 1.29. The SMILES string of the molecule is CC(C)SC(=Cc1ccccc1)SC(C)C. The molecular weight excluding hydrogens is 232 g/mol. The Balaban J connectivity index is 2.79. The van der Waals surface area contributed by atoms with Gasteiger partial charge in [0.15, 0.2) is 0 Å². The minimum atomic E-state index is 0.640. The summed E-state index contributed by atoms with van der Waals surface area (Å²) in [7, 11) is 0. The molecule has 0 saturated carbocycles.